The van der Waals surface area contributed by atoms with E-state index in [1.54, 1.807) is 55.8 Å². The van der Waals surface area contributed by atoms with Gasteiger partial charge in [0, 0.05) is 41.7 Å². The minimum absolute atomic E-state index is 0.0637. The second kappa shape index (κ2) is 14.3. The first kappa shape index (κ1) is 33.4. The predicted molar refractivity (Wildman–Crippen MR) is 187 cm³/mol. The van der Waals surface area contributed by atoms with Gasteiger partial charge < -0.3 is 24.8 Å². The summed E-state index contributed by atoms with van der Waals surface area (Å²) in [5, 5.41) is 7.53. The molecular weight excluding hydrogens is 699 g/mol. The zero-order chi connectivity index (χ0) is 33.7. The summed E-state index contributed by atoms with van der Waals surface area (Å²) < 4.78 is 58.2. The number of nitrogens with one attached hydrogen (secondary N) is 2. The monoisotopic (exact) mass is 732 g/mol. The molecule has 0 saturated heterocycles. The van der Waals surface area contributed by atoms with Gasteiger partial charge in [-0.3, -0.25) is 0 Å². The molecule has 0 radical (unpaired) electrons. The first-order valence-electron chi connectivity index (χ1n) is 15.3. The number of hydrogen-bond donors (Lipinski definition) is 2. The van der Waals surface area contributed by atoms with E-state index in [9.17, 15) is 12.8 Å². The lowest BCUT2D eigenvalue weighted by Gasteiger charge is -2.37. The SMILES string of the molecule is COc1cc2ncnc(Nc3ccc(OCc4cccc(F)c4)c(Br)c3)c2cc1C1(C(C)NCCS(=O)(=O)c2ccccc2)CC=CO1. The van der Waals surface area contributed by atoms with Crippen LogP contribution in [-0.4, -0.2) is 43.8 Å². The fraction of sp³-hybridized carbons (Fsp3) is 0.222. The fourth-order valence-electron chi connectivity index (χ4n) is 5.75. The molecular formula is C36H34BrFN4O5S. The highest BCUT2D eigenvalue weighted by Gasteiger charge is 2.43. The van der Waals surface area contributed by atoms with Gasteiger partial charge in [-0.1, -0.05) is 30.3 Å². The van der Waals surface area contributed by atoms with Crippen LogP contribution in [0.5, 0.6) is 11.5 Å². The number of ether oxygens (including phenoxy) is 3. The Morgan fingerprint density at radius 3 is 2.58 bits per heavy atom. The number of hydrogen-bond acceptors (Lipinski definition) is 9. The van der Waals surface area contributed by atoms with Crippen LogP contribution in [0.3, 0.4) is 0 Å². The standard InChI is InChI=1S/C36H34BrFN4O5S/c1-24(39-15-17-48(43,44)28-10-4-3-5-11-28)36(14-7-16-47-36)30-20-29-32(21-34(30)45-2)40-23-41-35(29)42-27-12-13-33(31(37)19-27)46-22-25-8-6-9-26(38)18-25/h3-13,16,18-21,23-24,39H,14-15,17,22H2,1-2H3,(H,40,41,42). The molecule has 9 nitrogen and oxygen atoms in total. The van der Waals surface area contributed by atoms with Gasteiger partial charge in [-0.15, -0.1) is 0 Å². The summed E-state index contributed by atoms with van der Waals surface area (Å²) in [5.74, 6) is 1.39. The highest BCUT2D eigenvalue weighted by molar-refractivity contribution is 9.10. The van der Waals surface area contributed by atoms with Crippen LogP contribution in [-0.2, 0) is 26.8 Å². The van der Waals surface area contributed by atoms with E-state index in [-0.39, 0.29) is 30.8 Å². The van der Waals surface area contributed by atoms with Gasteiger partial charge in [0.05, 0.1) is 34.0 Å². The second-order valence-electron chi connectivity index (χ2n) is 11.4. The van der Waals surface area contributed by atoms with E-state index in [1.165, 1.54) is 18.5 Å². The summed E-state index contributed by atoms with van der Waals surface area (Å²) in [6.07, 6.45) is 5.63. The molecule has 0 saturated carbocycles. The van der Waals surface area contributed by atoms with Crippen molar-refractivity contribution in [1.82, 2.24) is 15.3 Å². The molecule has 2 N–H and O–H groups in total. The maximum atomic E-state index is 13.6. The smallest absolute Gasteiger partial charge is 0.179 e. The van der Waals surface area contributed by atoms with Crippen LogP contribution >= 0.6 is 15.9 Å². The minimum Gasteiger partial charge on any atom is -0.496 e. The van der Waals surface area contributed by atoms with Gasteiger partial charge in [-0.2, -0.15) is 0 Å². The number of halogens is 2. The van der Waals surface area contributed by atoms with Crippen LogP contribution in [0.2, 0.25) is 0 Å². The maximum Gasteiger partial charge on any atom is 0.179 e. The molecule has 48 heavy (non-hydrogen) atoms. The quantitative estimate of drug-likeness (QED) is 0.128. The summed E-state index contributed by atoms with van der Waals surface area (Å²) in [4.78, 5) is 9.34. The van der Waals surface area contributed by atoms with Crippen molar-refractivity contribution in [2.45, 2.75) is 36.5 Å². The van der Waals surface area contributed by atoms with Gasteiger partial charge in [-0.05, 0) is 83.0 Å². The van der Waals surface area contributed by atoms with E-state index in [1.807, 2.05) is 43.3 Å². The van der Waals surface area contributed by atoms with E-state index in [0.717, 1.165) is 22.2 Å². The third-order valence-corrected chi connectivity index (χ3v) is 10.7. The predicted octanol–water partition coefficient (Wildman–Crippen LogP) is 7.44. The lowest BCUT2D eigenvalue weighted by atomic mass is 9.83. The minimum atomic E-state index is -3.46. The number of methoxy groups -OCH3 is 1. The number of anilines is 2. The summed E-state index contributed by atoms with van der Waals surface area (Å²) >= 11 is 3.59. The molecule has 12 heteroatoms. The van der Waals surface area contributed by atoms with Crippen LogP contribution in [0.15, 0.2) is 113 Å². The van der Waals surface area contributed by atoms with Crippen molar-refractivity contribution in [3.05, 3.63) is 125 Å². The number of rotatable bonds is 13. The van der Waals surface area contributed by atoms with Crippen LogP contribution in [0.1, 0.15) is 24.5 Å². The molecule has 1 aromatic heterocycles. The number of fused-ring (bicyclic) bond motifs is 1. The van der Waals surface area contributed by atoms with Gasteiger partial charge in [-0.25, -0.2) is 22.8 Å². The van der Waals surface area contributed by atoms with E-state index in [4.69, 9.17) is 14.2 Å². The average Bonchev–Trinajstić information content (AvgIpc) is 3.59. The molecule has 2 unspecified atom stereocenters. The van der Waals surface area contributed by atoms with Crippen LogP contribution in [0.4, 0.5) is 15.9 Å². The van der Waals surface area contributed by atoms with Gasteiger partial charge in [0.25, 0.3) is 0 Å². The van der Waals surface area contributed by atoms with Crippen molar-refractivity contribution in [3.63, 3.8) is 0 Å². The lowest BCUT2D eigenvalue weighted by molar-refractivity contribution is 0.00695. The third kappa shape index (κ3) is 7.15. The molecule has 1 aliphatic rings. The Morgan fingerprint density at radius 1 is 1.02 bits per heavy atom. The molecule has 1 aliphatic heterocycles. The van der Waals surface area contributed by atoms with Gasteiger partial charge in [0.15, 0.2) is 15.4 Å². The topological polar surface area (TPSA) is 112 Å². The van der Waals surface area contributed by atoms with Gasteiger partial charge in [0.2, 0.25) is 0 Å². The first-order chi connectivity index (χ1) is 23.2. The summed E-state index contributed by atoms with van der Waals surface area (Å²) in [7, 11) is -1.86. The average molecular weight is 734 g/mol. The number of aromatic nitrogens is 2. The molecule has 4 aromatic carbocycles. The molecule has 0 aliphatic carbocycles. The van der Waals surface area contributed by atoms with E-state index in [2.05, 4.69) is 36.5 Å². The maximum absolute atomic E-state index is 13.6. The Morgan fingerprint density at radius 2 is 1.85 bits per heavy atom. The van der Waals surface area contributed by atoms with Crippen molar-refractivity contribution in [3.8, 4) is 11.5 Å². The summed E-state index contributed by atoms with van der Waals surface area (Å²) in [6, 6.07) is 23.8. The lowest BCUT2D eigenvalue weighted by Crippen LogP contribution is -2.47. The highest BCUT2D eigenvalue weighted by atomic mass is 79.9. The number of sulfone groups is 1. The van der Waals surface area contributed by atoms with E-state index in [0.29, 0.717) is 38.6 Å². The van der Waals surface area contributed by atoms with E-state index < -0.39 is 15.4 Å². The number of nitrogens with zero attached hydrogens (tertiary/aromatic N) is 2. The van der Waals surface area contributed by atoms with Crippen LogP contribution in [0, 0.1) is 5.82 Å². The zero-order valence-corrected chi connectivity index (χ0v) is 28.7. The largest absolute Gasteiger partial charge is 0.496 e. The Bertz CT molecular complexity index is 2060. The molecule has 2 heterocycles. The molecule has 0 amide bonds. The Labute approximate surface area is 287 Å². The highest BCUT2D eigenvalue weighted by Crippen LogP contribution is 2.44. The van der Waals surface area contributed by atoms with Gasteiger partial charge in [0.1, 0.15) is 36.1 Å². The van der Waals surface area contributed by atoms with E-state index >= 15 is 0 Å². The molecule has 0 bridgehead atoms. The number of benzene rings is 4. The molecule has 2 atom stereocenters. The van der Waals surface area contributed by atoms with Crippen molar-refractivity contribution in [1.29, 1.82) is 0 Å². The summed E-state index contributed by atoms with van der Waals surface area (Å²) in [5.41, 5.74) is 2.03. The fourth-order valence-corrected chi connectivity index (χ4v) is 7.44. The van der Waals surface area contributed by atoms with Crippen molar-refractivity contribution in [2.75, 3.05) is 24.7 Å². The molecule has 0 spiro atoms. The molecule has 0 fully saturated rings. The molecule has 248 valence electrons. The Hall–Kier alpha value is -4.52. The molecule has 6 rings (SSSR count). The van der Waals surface area contributed by atoms with Crippen LogP contribution in [0.25, 0.3) is 10.9 Å². The van der Waals surface area contributed by atoms with Crippen molar-refractivity contribution < 1.29 is 27.0 Å². The zero-order valence-electron chi connectivity index (χ0n) is 26.3. The van der Waals surface area contributed by atoms with Gasteiger partial charge >= 0.3 is 0 Å². The normalized spacial score (nSPS) is 16.4. The first-order valence-corrected chi connectivity index (χ1v) is 17.7. The summed E-state index contributed by atoms with van der Waals surface area (Å²) in [6.45, 7) is 2.42. The van der Waals surface area contributed by atoms with Crippen LogP contribution < -0.4 is 20.1 Å². The Balaban J connectivity index is 1.24. The molecule has 5 aromatic rings. The Kier molecular flexibility index (Phi) is 9.95. The van der Waals surface area contributed by atoms with Crippen molar-refractivity contribution >= 4 is 48.2 Å². The third-order valence-electron chi connectivity index (χ3n) is 8.31. The second-order valence-corrected chi connectivity index (χ2v) is 14.3. The van der Waals surface area contributed by atoms with Crippen molar-refractivity contribution in [2.24, 2.45) is 0 Å².